The molecule has 1 aromatic rings. The summed E-state index contributed by atoms with van der Waals surface area (Å²) >= 11 is 0. The number of rotatable bonds is 3. The van der Waals surface area contributed by atoms with Crippen LogP contribution in [0.25, 0.3) is 0 Å². The highest BCUT2D eigenvalue weighted by Gasteiger charge is 2.41. The second kappa shape index (κ2) is 5.71. The van der Waals surface area contributed by atoms with Crippen molar-refractivity contribution in [3.8, 4) is 0 Å². The van der Waals surface area contributed by atoms with Gasteiger partial charge in [-0.15, -0.1) is 0 Å². The molecule has 0 radical (unpaired) electrons. The molecule has 1 aromatic carbocycles. The molecule has 1 aliphatic rings. The van der Waals surface area contributed by atoms with E-state index >= 15 is 0 Å². The van der Waals surface area contributed by atoms with Crippen molar-refractivity contribution >= 4 is 0 Å². The lowest BCUT2D eigenvalue weighted by molar-refractivity contribution is -0.264. The van der Waals surface area contributed by atoms with E-state index in [4.69, 9.17) is 0 Å². The zero-order valence-corrected chi connectivity index (χ0v) is 10.1. The van der Waals surface area contributed by atoms with Crippen molar-refractivity contribution < 1.29 is 13.2 Å². The van der Waals surface area contributed by atoms with Crippen LogP contribution in [0.15, 0.2) is 30.3 Å². The fraction of sp³-hybridized carbons (Fsp3) is 0.538. The van der Waals surface area contributed by atoms with Gasteiger partial charge in [-0.3, -0.25) is 0 Å². The predicted octanol–water partition coefficient (Wildman–Crippen LogP) is 2.76. The number of nitrogens with zero attached hydrogens (tertiary/aromatic N) is 1. The zero-order valence-electron chi connectivity index (χ0n) is 10.1. The third-order valence-electron chi connectivity index (χ3n) is 3.27. The number of hydrogen-bond donors (Lipinski definition) is 1. The molecule has 0 amide bonds. The molecular formula is C13H17F3N2. The number of benzene rings is 1. The highest BCUT2D eigenvalue weighted by Crippen LogP contribution is 2.29. The van der Waals surface area contributed by atoms with E-state index in [0.717, 1.165) is 0 Å². The standard InChI is InChI=1S/C13H17F3N2/c14-13(15,16)18(12-6-8-17-9-7-12)10-11-4-2-1-3-5-11/h1-5,12,17H,6-10H2. The van der Waals surface area contributed by atoms with E-state index in [1.807, 2.05) is 6.07 Å². The van der Waals surface area contributed by atoms with Gasteiger partial charge in [0, 0.05) is 12.6 Å². The molecule has 0 aliphatic carbocycles. The molecule has 0 saturated carbocycles. The average molecular weight is 258 g/mol. The highest BCUT2D eigenvalue weighted by molar-refractivity contribution is 5.14. The fourth-order valence-corrected chi connectivity index (χ4v) is 2.32. The average Bonchev–Trinajstić information content (AvgIpc) is 2.37. The van der Waals surface area contributed by atoms with Crippen molar-refractivity contribution in [2.24, 2.45) is 0 Å². The quantitative estimate of drug-likeness (QED) is 0.839. The minimum Gasteiger partial charge on any atom is -0.317 e. The van der Waals surface area contributed by atoms with Crippen molar-refractivity contribution in [2.45, 2.75) is 31.7 Å². The van der Waals surface area contributed by atoms with E-state index in [-0.39, 0.29) is 6.54 Å². The Morgan fingerprint density at radius 1 is 1.11 bits per heavy atom. The number of hydrogen-bond acceptors (Lipinski definition) is 2. The molecule has 5 heteroatoms. The van der Waals surface area contributed by atoms with Gasteiger partial charge >= 0.3 is 6.30 Å². The molecule has 18 heavy (non-hydrogen) atoms. The summed E-state index contributed by atoms with van der Waals surface area (Å²) in [6.45, 7) is 1.26. The molecule has 2 nitrogen and oxygen atoms in total. The van der Waals surface area contributed by atoms with E-state index in [0.29, 0.717) is 36.4 Å². The Balaban J connectivity index is 2.10. The van der Waals surface area contributed by atoms with Crippen molar-refractivity contribution in [3.63, 3.8) is 0 Å². The molecule has 0 bridgehead atoms. The Bertz CT molecular complexity index is 358. The third-order valence-corrected chi connectivity index (χ3v) is 3.27. The first-order valence-electron chi connectivity index (χ1n) is 6.15. The SMILES string of the molecule is FC(F)(F)N(Cc1ccccc1)C1CCNCC1. The summed E-state index contributed by atoms with van der Waals surface area (Å²) in [5.41, 5.74) is 0.702. The predicted molar refractivity (Wildman–Crippen MR) is 63.9 cm³/mol. The second-order valence-corrected chi connectivity index (χ2v) is 4.56. The van der Waals surface area contributed by atoms with Crippen LogP contribution in [0.4, 0.5) is 13.2 Å². The maximum atomic E-state index is 13.1. The molecule has 0 aromatic heterocycles. The maximum Gasteiger partial charge on any atom is 0.460 e. The number of piperidine rings is 1. The molecule has 1 heterocycles. The van der Waals surface area contributed by atoms with Gasteiger partial charge in [-0.2, -0.15) is 13.2 Å². The van der Waals surface area contributed by atoms with Gasteiger partial charge in [-0.25, -0.2) is 4.90 Å². The van der Waals surface area contributed by atoms with Gasteiger partial charge in [0.05, 0.1) is 0 Å². The molecule has 1 fully saturated rings. The Morgan fingerprint density at radius 2 is 1.72 bits per heavy atom. The largest absolute Gasteiger partial charge is 0.460 e. The lowest BCUT2D eigenvalue weighted by Gasteiger charge is -2.35. The van der Waals surface area contributed by atoms with Gasteiger partial charge in [0.1, 0.15) is 0 Å². The normalized spacial score (nSPS) is 18.2. The molecule has 0 unspecified atom stereocenters. The Hall–Kier alpha value is -1.07. The highest BCUT2D eigenvalue weighted by atomic mass is 19.4. The van der Waals surface area contributed by atoms with Crippen LogP contribution in [0.5, 0.6) is 0 Å². The van der Waals surface area contributed by atoms with E-state index in [2.05, 4.69) is 5.32 Å². The first-order valence-corrected chi connectivity index (χ1v) is 6.15. The topological polar surface area (TPSA) is 15.3 Å². The molecule has 0 spiro atoms. The molecule has 100 valence electrons. The van der Waals surface area contributed by atoms with Crippen LogP contribution in [-0.4, -0.2) is 30.3 Å². The summed E-state index contributed by atoms with van der Waals surface area (Å²) in [4.78, 5) is 0.670. The van der Waals surface area contributed by atoms with Crippen LogP contribution in [0, 0.1) is 0 Å². The fourth-order valence-electron chi connectivity index (χ4n) is 2.32. The number of alkyl halides is 3. The van der Waals surface area contributed by atoms with Gasteiger partial charge < -0.3 is 5.32 Å². The minimum atomic E-state index is -4.27. The lowest BCUT2D eigenvalue weighted by Crippen LogP contribution is -2.49. The molecule has 1 N–H and O–H groups in total. The van der Waals surface area contributed by atoms with Gasteiger partial charge in [-0.1, -0.05) is 30.3 Å². The van der Waals surface area contributed by atoms with Gasteiger partial charge in [-0.05, 0) is 31.5 Å². The van der Waals surface area contributed by atoms with Gasteiger partial charge in [0.2, 0.25) is 0 Å². The van der Waals surface area contributed by atoms with Crippen LogP contribution in [0.1, 0.15) is 18.4 Å². The summed E-state index contributed by atoms with van der Waals surface area (Å²) in [5, 5.41) is 3.09. The van der Waals surface area contributed by atoms with Crippen LogP contribution in [0.3, 0.4) is 0 Å². The third kappa shape index (κ3) is 3.46. The van der Waals surface area contributed by atoms with Crippen molar-refractivity contribution in [1.82, 2.24) is 10.2 Å². The van der Waals surface area contributed by atoms with Crippen molar-refractivity contribution in [2.75, 3.05) is 13.1 Å². The Morgan fingerprint density at radius 3 is 2.28 bits per heavy atom. The lowest BCUT2D eigenvalue weighted by atomic mass is 10.0. The summed E-state index contributed by atoms with van der Waals surface area (Å²) in [6, 6.07) is 8.41. The Kier molecular flexibility index (Phi) is 4.24. The molecule has 2 rings (SSSR count). The van der Waals surface area contributed by atoms with Crippen LogP contribution in [0.2, 0.25) is 0 Å². The van der Waals surface area contributed by atoms with E-state index < -0.39 is 12.3 Å². The summed E-state index contributed by atoms with van der Waals surface area (Å²) in [7, 11) is 0. The number of nitrogens with one attached hydrogen (secondary N) is 1. The smallest absolute Gasteiger partial charge is 0.317 e. The summed E-state index contributed by atoms with van der Waals surface area (Å²) in [5.74, 6) is 0. The van der Waals surface area contributed by atoms with E-state index in [9.17, 15) is 13.2 Å². The zero-order chi connectivity index (χ0) is 13.0. The first-order chi connectivity index (χ1) is 8.57. The molecule has 1 aliphatic heterocycles. The first kappa shape index (κ1) is 13.4. The van der Waals surface area contributed by atoms with Crippen LogP contribution in [-0.2, 0) is 6.54 Å². The van der Waals surface area contributed by atoms with Crippen LogP contribution < -0.4 is 5.32 Å². The van der Waals surface area contributed by atoms with Crippen LogP contribution >= 0.6 is 0 Å². The number of halogens is 3. The van der Waals surface area contributed by atoms with Gasteiger partial charge in [0.15, 0.2) is 0 Å². The molecule has 0 atom stereocenters. The van der Waals surface area contributed by atoms with Crippen molar-refractivity contribution in [1.29, 1.82) is 0 Å². The molecular weight excluding hydrogens is 241 g/mol. The summed E-state index contributed by atoms with van der Waals surface area (Å²) in [6.07, 6.45) is -3.17. The monoisotopic (exact) mass is 258 g/mol. The van der Waals surface area contributed by atoms with E-state index in [1.54, 1.807) is 24.3 Å². The maximum absolute atomic E-state index is 13.1. The van der Waals surface area contributed by atoms with E-state index in [1.165, 1.54) is 0 Å². The van der Waals surface area contributed by atoms with Gasteiger partial charge in [0.25, 0.3) is 0 Å². The second-order valence-electron chi connectivity index (χ2n) is 4.56. The Labute approximate surface area is 105 Å². The molecule has 1 saturated heterocycles. The minimum absolute atomic E-state index is 0.0605. The summed E-state index contributed by atoms with van der Waals surface area (Å²) < 4.78 is 39.3. The van der Waals surface area contributed by atoms with Crippen molar-refractivity contribution in [3.05, 3.63) is 35.9 Å².